The maximum Gasteiger partial charge on any atom is 0.422 e. The molecule has 1 aliphatic carbocycles. The van der Waals surface area contributed by atoms with Crippen molar-refractivity contribution in [1.29, 1.82) is 0 Å². The van der Waals surface area contributed by atoms with Crippen molar-refractivity contribution in [2.45, 2.75) is 25.9 Å². The lowest BCUT2D eigenvalue weighted by Crippen LogP contribution is -2.20. The first-order valence-corrected chi connectivity index (χ1v) is 5.31. The highest BCUT2D eigenvalue weighted by Crippen LogP contribution is 2.35. The van der Waals surface area contributed by atoms with Crippen molar-refractivity contribution < 1.29 is 17.9 Å². The van der Waals surface area contributed by atoms with Crippen molar-refractivity contribution >= 4 is 5.57 Å². The van der Waals surface area contributed by atoms with Crippen LogP contribution in [0.15, 0.2) is 18.3 Å². The van der Waals surface area contributed by atoms with Crippen molar-refractivity contribution in [3.8, 4) is 5.75 Å². The Labute approximate surface area is 97.1 Å². The highest BCUT2D eigenvalue weighted by Gasteiger charge is 2.29. The molecule has 0 atom stereocenters. The van der Waals surface area contributed by atoms with Crippen LogP contribution in [0.4, 0.5) is 13.2 Å². The van der Waals surface area contributed by atoms with Crippen LogP contribution in [0.25, 0.3) is 5.57 Å². The average Bonchev–Trinajstić information content (AvgIpc) is 2.14. The molecule has 0 spiro atoms. The van der Waals surface area contributed by atoms with Gasteiger partial charge in [0, 0.05) is 23.5 Å². The molecule has 0 amide bonds. The molecule has 0 saturated carbocycles. The summed E-state index contributed by atoms with van der Waals surface area (Å²) >= 11 is 0. The number of nitrogens with zero attached hydrogens (tertiary/aromatic N) is 1. The number of pyridine rings is 1. The monoisotopic (exact) mass is 243 g/mol. The Bertz CT molecular complexity index is 452. The number of ether oxygens (including phenoxy) is 1. The molecular formula is C12H12F3NO. The van der Waals surface area contributed by atoms with Crippen LogP contribution in [-0.4, -0.2) is 17.8 Å². The zero-order chi connectivity index (χ0) is 12.5. The SMILES string of the molecule is Cc1cc(OCC(F)(F)F)c(C2=CCC2)cn1. The summed E-state index contributed by atoms with van der Waals surface area (Å²) in [5.41, 5.74) is 2.33. The van der Waals surface area contributed by atoms with E-state index in [1.165, 1.54) is 0 Å². The van der Waals surface area contributed by atoms with E-state index in [1.54, 1.807) is 19.2 Å². The predicted molar refractivity (Wildman–Crippen MR) is 57.7 cm³/mol. The van der Waals surface area contributed by atoms with E-state index in [-0.39, 0.29) is 5.75 Å². The second-order valence-corrected chi connectivity index (χ2v) is 3.99. The van der Waals surface area contributed by atoms with E-state index < -0.39 is 12.8 Å². The van der Waals surface area contributed by atoms with E-state index >= 15 is 0 Å². The number of hydrogen-bond donors (Lipinski definition) is 0. The minimum absolute atomic E-state index is 0.265. The van der Waals surface area contributed by atoms with Crippen LogP contribution >= 0.6 is 0 Å². The fraction of sp³-hybridized carbons (Fsp3) is 0.417. The van der Waals surface area contributed by atoms with Gasteiger partial charge in [0.15, 0.2) is 6.61 Å². The minimum atomic E-state index is -4.32. The Balaban J connectivity index is 2.21. The summed E-state index contributed by atoms with van der Waals surface area (Å²) in [6.07, 6.45) is 1.07. The Morgan fingerprint density at radius 1 is 1.41 bits per heavy atom. The van der Waals surface area contributed by atoms with Crippen LogP contribution in [0.3, 0.4) is 0 Å². The third-order valence-electron chi connectivity index (χ3n) is 2.54. The molecule has 2 nitrogen and oxygen atoms in total. The van der Waals surface area contributed by atoms with Gasteiger partial charge in [0.05, 0.1) is 0 Å². The molecule has 92 valence electrons. The summed E-state index contributed by atoms with van der Waals surface area (Å²) in [4.78, 5) is 4.09. The molecule has 0 aromatic carbocycles. The average molecular weight is 243 g/mol. The minimum Gasteiger partial charge on any atom is -0.483 e. The first-order valence-electron chi connectivity index (χ1n) is 5.31. The maximum absolute atomic E-state index is 12.1. The van der Waals surface area contributed by atoms with Crippen molar-refractivity contribution in [2.24, 2.45) is 0 Å². The van der Waals surface area contributed by atoms with Crippen molar-refractivity contribution in [3.63, 3.8) is 0 Å². The molecule has 0 N–H and O–H groups in total. The maximum atomic E-state index is 12.1. The van der Waals surface area contributed by atoms with Gasteiger partial charge in [-0.05, 0) is 25.3 Å². The van der Waals surface area contributed by atoms with Gasteiger partial charge in [0.1, 0.15) is 5.75 Å². The fourth-order valence-electron chi connectivity index (χ4n) is 1.59. The normalized spacial score (nSPS) is 15.2. The first kappa shape index (κ1) is 12.0. The molecule has 0 bridgehead atoms. The van der Waals surface area contributed by atoms with Gasteiger partial charge in [-0.25, -0.2) is 0 Å². The van der Waals surface area contributed by atoms with Crippen molar-refractivity contribution in [1.82, 2.24) is 4.98 Å². The highest BCUT2D eigenvalue weighted by atomic mass is 19.4. The molecule has 5 heteroatoms. The zero-order valence-corrected chi connectivity index (χ0v) is 9.34. The Morgan fingerprint density at radius 3 is 2.65 bits per heavy atom. The summed E-state index contributed by atoms with van der Waals surface area (Å²) in [5, 5.41) is 0. The Kier molecular flexibility index (Phi) is 3.09. The van der Waals surface area contributed by atoms with Crippen molar-refractivity contribution in [2.75, 3.05) is 6.61 Å². The summed E-state index contributed by atoms with van der Waals surface area (Å²) < 4.78 is 41.2. The number of halogens is 3. The summed E-state index contributed by atoms with van der Waals surface area (Å²) in [7, 11) is 0. The van der Waals surface area contributed by atoms with Crippen LogP contribution in [0, 0.1) is 6.92 Å². The van der Waals surface area contributed by atoms with Crippen molar-refractivity contribution in [3.05, 3.63) is 29.6 Å². The van der Waals surface area contributed by atoms with E-state index in [0.717, 1.165) is 18.4 Å². The van der Waals surface area contributed by atoms with Gasteiger partial charge in [0.25, 0.3) is 0 Å². The largest absolute Gasteiger partial charge is 0.483 e. The second-order valence-electron chi connectivity index (χ2n) is 3.99. The lowest BCUT2D eigenvalue weighted by atomic mass is 9.92. The van der Waals surface area contributed by atoms with Crippen LogP contribution in [0.2, 0.25) is 0 Å². The zero-order valence-electron chi connectivity index (χ0n) is 9.34. The molecule has 2 rings (SSSR count). The lowest BCUT2D eigenvalue weighted by molar-refractivity contribution is -0.153. The van der Waals surface area contributed by atoms with E-state index in [4.69, 9.17) is 4.74 Å². The first-order chi connectivity index (χ1) is 7.96. The van der Waals surface area contributed by atoms with Crippen LogP contribution < -0.4 is 4.74 Å². The smallest absolute Gasteiger partial charge is 0.422 e. The quantitative estimate of drug-likeness (QED) is 0.810. The van der Waals surface area contributed by atoms with Gasteiger partial charge >= 0.3 is 6.18 Å². The lowest BCUT2D eigenvalue weighted by Gasteiger charge is -2.19. The van der Waals surface area contributed by atoms with E-state index in [1.807, 2.05) is 6.08 Å². The van der Waals surface area contributed by atoms with Gasteiger partial charge < -0.3 is 4.74 Å². The molecule has 0 aliphatic heterocycles. The van der Waals surface area contributed by atoms with Gasteiger partial charge in [-0.3, -0.25) is 4.98 Å². The van der Waals surface area contributed by atoms with Crippen LogP contribution in [0.5, 0.6) is 5.75 Å². The van der Waals surface area contributed by atoms with Gasteiger partial charge in [-0.1, -0.05) is 6.08 Å². The number of hydrogen-bond acceptors (Lipinski definition) is 2. The third-order valence-corrected chi connectivity index (χ3v) is 2.54. The van der Waals surface area contributed by atoms with Gasteiger partial charge in [0.2, 0.25) is 0 Å². The van der Waals surface area contributed by atoms with E-state index in [0.29, 0.717) is 11.3 Å². The number of aryl methyl sites for hydroxylation is 1. The second kappa shape index (κ2) is 4.39. The van der Waals surface area contributed by atoms with Gasteiger partial charge in [-0.2, -0.15) is 13.2 Å². The molecule has 0 unspecified atom stereocenters. The van der Waals surface area contributed by atoms with E-state index in [9.17, 15) is 13.2 Å². The van der Waals surface area contributed by atoms with Crippen LogP contribution in [-0.2, 0) is 0 Å². The summed E-state index contributed by atoms with van der Waals surface area (Å²) in [5.74, 6) is 0.265. The molecule has 1 heterocycles. The Morgan fingerprint density at radius 2 is 2.12 bits per heavy atom. The fourth-order valence-corrected chi connectivity index (χ4v) is 1.59. The molecule has 0 fully saturated rings. The number of aromatic nitrogens is 1. The molecular weight excluding hydrogens is 231 g/mol. The molecule has 0 radical (unpaired) electrons. The Hall–Kier alpha value is -1.52. The number of allylic oxidation sites excluding steroid dienone is 2. The standard InChI is InChI=1S/C12H12F3NO/c1-8-5-11(17-7-12(13,14)15)10(6-16-8)9-3-2-4-9/h3,5-6H,2,4,7H2,1H3. The summed E-state index contributed by atoms with van der Waals surface area (Å²) in [6.45, 7) is 0.454. The molecule has 17 heavy (non-hydrogen) atoms. The summed E-state index contributed by atoms with van der Waals surface area (Å²) in [6, 6.07) is 1.54. The third kappa shape index (κ3) is 2.99. The number of rotatable bonds is 3. The number of alkyl halides is 3. The van der Waals surface area contributed by atoms with Gasteiger partial charge in [-0.15, -0.1) is 0 Å². The topological polar surface area (TPSA) is 22.1 Å². The van der Waals surface area contributed by atoms with E-state index in [2.05, 4.69) is 4.98 Å². The predicted octanol–water partition coefficient (Wildman–Crippen LogP) is 3.51. The highest BCUT2D eigenvalue weighted by molar-refractivity contribution is 5.73. The molecule has 0 saturated heterocycles. The molecule has 1 aromatic rings. The molecule has 1 aromatic heterocycles. The molecule has 1 aliphatic rings. The van der Waals surface area contributed by atoms with Crippen LogP contribution in [0.1, 0.15) is 24.1 Å².